The van der Waals surface area contributed by atoms with Crippen molar-refractivity contribution in [2.45, 2.75) is 25.8 Å². The summed E-state index contributed by atoms with van der Waals surface area (Å²) in [5, 5.41) is 5.34. The molecule has 0 spiro atoms. The molecule has 92 valence electrons. The Morgan fingerprint density at radius 3 is 2.50 bits per heavy atom. The number of urea groups is 1. The van der Waals surface area contributed by atoms with Gasteiger partial charge in [0.15, 0.2) is 0 Å². The first kappa shape index (κ1) is 12.6. The van der Waals surface area contributed by atoms with Gasteiger partial charge in [-0.2, -0.15) is 0 Å². The molecule has 0 aromatic carbocycles. The van der Waals surface area contributed by atoms with E-state index in [2.05, 4.69) is 10.6 Å². The molecule has 0 radical (unpaired) electrons. The molecular formula is C10H19N3O3. The summed E-state index contributed by atoms with van der Waals surface area (Å²) < 4.78 is 4.91. The third-order valence-corrected chi connectivity index (χ3v) is 2.58. The van der Waals surface area contributed by atoms with Crippen LogP contribution in [-0.2, 0) is 4.74 Å². The van der Waals surface area contributed by atoms with Crippen LogP contribution in [0.1, 0.15) is 19.8 Å². The predicted octanol–water partition coefficient (Wildman–Crippen LogP) is 0.536. The highest BCUT2D eigenvalue weighted by Crippen LogP contribution is 2.11. The largest absolute Gasteiger partial charge is 0.450 e. The first-order valence-electron chi connectivity index (χ1n) is 5.57. The molecule has 1 heterocycles. The minimum atomic E-state index is -0.263. The molecule has 0 atom stereocenters. The van der Waals surface area contributed by atoms with E-state index >= 15 is 0 Å². The highest BCUT2D eigenvalue weighted by molar-refractivity contribution is 5.73. The number of ether oxygens (including phenoxy) is 1. The second kappa shape index (κ2) is 6.19. The van der Waals surface area contributed by atoms with Crippen LogP contribution < -0.4 is 10.6 Å². The van der Waals surface area contributed by atoms with E-state index in [1.54, 1.807) is 18.9 Å². The van der Waals surface area contributed by atoms with Gasteiger partial charge in [-0.05, 0) is 19.8 Å². The molecule has 16 heavy (non-hydrogen) atoms. The molecular weight excluding hydrogens is 210 g/mol. The average molecular weight is 229 g/mol. The molecule has 1 saturated heterocycles. The third kappa shape index (κ3) is 3.60. The maximum absolute atomic E-state index is 11.4. The Morgan fingerprint density at radius 1 is 1.38 bits per heavy atom. The van der Waals surface area contributed by atoms with Crippen LogP contribution in [-0.4, -0.2) is 49.8 Å². The Bertz CT molecular complexity index is 250. The Morgan fingerprint density at radius 2 is 2.00 bits per heavy atom. The summed E-state index contributed by atoms with van der Waals surface area (Å²) >= 11 is 0. The second-order valence-electron chi connectivity index (χ2n) is 3.68. The van der Waals surface area contributed by atoms with Crippen molar-refractivity contribution in [3.63, 3.8) is 0 Å². The van der Waals surface area contributed by atoms with Gasteiger partial charge in [0, 0.05) is 26.2 Å². The van der Waals surface area contributed by atoms with Crippen molar-refractivity contribution < 1.29 is 14.3 Å². The van der Waals surface area contributed by atoms with Crippen molar-refractivity contribution in [1.82, 2.24) is 15.5 Å². The minimum Gasteiger partial charge on any atom is -0.450 e. The summed E-state index contributed by atoms with van der Waals surface area (Å²) in [5.74, 6) is 0. The van der Waals surface area contributed by atoms with Crippen molar-refractivity contribution >= 4 is 12.1 Å². The van der Waals surface area contributed by atoms with Crippen LogP contribution in [0.25, 0.3) is 0 Å². The summed E-state index contributed by atoms with van der Waals surface area (Å²) in [6.45, 7) is 3.45. The quantitative estimate of drug-likeness (QED) is 0.726. The van der Waals surface area contributed by atoms with Gasteiger partial charge in [-0.1, -0.05) is 0 Å². The van der Waals surface area contributed by atoms with Gasteiger partial charge in [-0.3, -0.25) is 0 Å². The lowest BCUT2D eigenvalue weighted by Crippen LogP contribution is -2.48. The number of carbonyl (C=O) groups excluding carboxylic acids is 2. The Kier molecular flexibility index (Phi) is 4.88. The lowest BCUT2D eigenvalue weighted by molar-refractivity contribution is 0.0957. The summed E-state index contributed by atoms with van der Waals surface area (Å²) in [6, 6.07) is -0.0276. The van der Waals surface area contributed by atoms with Gasteiger partial charge in [0.05, 0.1) is 6.61 Å². The van der Waals surface area contributed by atoms with E-state index in [0.29, 0.717) is 19.7 Å². The second-order valence-corrected chi connectivity index (χ2v) is 3.68. The van der Waals surface area contributed by atoms with Crippen molar-refractivity contribution in [3.05, 3.63) is 0 Å². The molecule has 0 aromatic rings. The number of nitrogens with zero attached hydrogens (tertiary/aromatic N) is 1. The number of likely N-dealkylation sites (tertiary alicyclic amines) is 1. The first-order valence-corrected chi connectivity index (χ1v) is 5.57. The van der Waals surface area contributed by atoms with Gasteiger partial charge in [0.25, 0.3) is 0 Å². The molecule has 0 saturated carbocycles. The monoisotopic (exact) mass is 229 g/mol. The van der Waals surface area contributed by atoms with Crippen LogP contribution in [0.5, 0.6) is 0 Å². The van der Waals surface area contributed by atoms with Crippen LogP contribution in [0.2, 0.25) is 0 Å². The van der Waals surface area contributed by atoms with E-state index in [9.17, 15) is 9.59 Å². The fraction of sp³-hybridized carbons (Fsp3) is 0.800. The fourth-order valence-corrected chi connectivity index (χ4v) is 1.68. The Labute approximate surface area is 95.3 Å². The lowest BCUT2D eigenvalue weighted by atomic mass is 10.1. The number of carbonyl (C=O) groups is 2. The van der Waals surface area contributed by atoms with E-state index in [1.165, 1.54) is 0 Å². The third-order valence-electron chi connectivity index (χ3n) is 2.58. The Balaban J connectivity index is 2.28. The molecule has 1 rings (SSSR count). The molecule has 0 unspecified atom stereocenters. The fourth-order valence-electron chi connectivity index (χ4n) is 1.68. The smallest absolute Gasteiger partial charge is 0.409 e. The summed E-state index contributed by atoms with van der Waals surface area (Å²) in [6.07, 6.45) is 1.28. The van der Waals surface area contributed by atoms with E-state index in [4.69, 9.17) is 4.74 Å². The van der Waals surface area contributed by atoms with Crippen LogP contribution in [0.4, 0.5) is 9.59 Å². The predicted molar refractivity (Wildman–Crippen MR) is 59.2 cm³/mol. The number of hydrogen-bond acceptors (Lipinski definition) is 3. The molecule has 1 aliphatic rings. The molecule has 0 bridgehead atoms. The number of amides is 3. The van der Waals surface area contributed by atoms with Crippen LogP contribution >= 0.6 is 0 Å². The summed E-state index contributed by atoms with van der Waals surface area (Å²) in [5.41, 5.74) is 0. The highest BCUT2D eigenvalue weighted by atomic mass is 16.6. The molecule has 1 aliphatic heterocycles. The van der Waals surface area contributed by atoms with E-state index in [1.807, 2.05) is 0 Å². The maximum Gasteiger partial charge on any atom is 0.409 e. The van der Waals surface area contributed by atoms with E-state index < -0.39 is 0 Å². The van der Waals surface area contributed by atoms with Crippen LogP contribution in [0.15, 0.2) is 0 Å². The van der Waals surface area contributed by atoms with Gasteiger partial charge in [-0.15, -0.1) is 0 Å². The van der Waals surface area contributed by atoms with Crippen molar-refractivity contribution in [2.24, 2.45) is 0 Å². The van der Waals surface area contributed by atoms with Crippen molar-refractivity contribution in [3.8, 4) is 0 Å². The first-order chi connectivity index (χ1) is 7.67. The maximum atomic E-state index is 11.4. The summed E-state index contributed by atoms with van der Waals surface area (Å²) in [7, 11) is 1.59. The topological polar surface area (TPSA) is 70.7 Å². The van der Waals surface area contributed by atoms with Crippen LogP contribution in [0.3, 0.4) is 0 Å². The van der Waals surface area contributed by atoms with Gasteiger partial charge in [0.1, 0.15) is 0 Å². The van der Waals surface area contributed by atoms with Crippen LogP contribution in [0, 0.1) is 0 Å². The molecule has 3 amide bonds. The van der Waals surface area contributed by atoms with Gasteiger partial charge >= 0.3 is 12.1 Å². The number of nitrogens with one attached hydrogen (secondary N) is 2. The van der Waals surface area contributed by atoms with Gasteiger partial charge in [0.2, 0.25) is 0 Å². The standard InChI is InChI=1S/C10H19N3O3/c1-3-16-10(15)13-6-4-8(5-7-13)12-9(14)11-2/h8H,3-7H2,1-2H3,(H2,11,12,14). The SMILES string of the molecule is CCOC(=O)N1CCC(NC(=O)NC)CC1. The summed E-state index contributed by atoms with van der Waals surface area (Å²) in [4.78, 5) is 24.1. The van der Waals surface area contributed by atoms with Gasteiger partial charge < -0.3 is 20.3 Å². The zero-order chi connectivity index (χ0) is 12.0. The zero-order valence-corrected chi connectivity index (χ0v) is 9.78. The van der Waals surface area contributed by atoms with Crippen molar-refractivity contribution in [1.29, 1.82) is 0 Å². The number of piperidine rings is 1. The van der Waals surface area contributed by atoms with E-state index in [0.717, 1.165) is 12.8 Å². The Hall–Kier alpha value is -1.46. The van der Waals surface area contributed by atoms with E-state index in [-0.39, 0.29) is 18.2 Å². The number of rotatable bonds is 2. The molecule has 6 nitrogen and oxygen atoms in total. The molecule has 1 fully saturated rings. The molecule has 2 N–H and O–H groups in total. The minimum absolute atomic E-state index is 0.144. The molecule has 0 aromatic heterocycles. The average Bonchev–Trinajstić information content (AvgIpc) is 2.30. The zero-order valence-electron chi connectivity index (χ0n) is 9.78. The molecule has 6 heteroatoms. The highest BCUT2D eigenvalue weighted by Gasteiger charge is 2.24. The van der Waals surface area contributed by atoms with Gasteiger partial charge in [-0.25, -0.2) is 9.59 Å². The van der Waals surface area contributed by atoms with Crippen molar-refractivity contribution in [2.75, 3.05) is 26.7 Å². The molecule has 0 aliphatic carbocycles. The number of hydrogen-bond donors (Lipinski definition) is 2. The normalized spacial score (nSPS) is 16.8. The lowest BCUT2D eigenvalue weighted by Gasteiger charge is -2.31.